The maximum atomic E-state index is 12.6. The van der Waals surface area contributed by atoms with E-state index in [0.29, 0.717) is 31.2 Å². The molecule has 4 heterocycles. The number of rotatable bonds is 3. The number of hydrogen-bond acceptors (Lipinski definition) is 7. The lowest BCUT2D eigenvalue weighted by atomic mass is 9.95. The number of piperidine rings is 1. The summed E-state index contributed by atoms with van der Waals surface area (Å²) in [7, 11) is -3.04. The average molecular weight is 390 g/mol. The Morgan fingerprint density at radius 3 is 2.63 bits per heavy atom. The predicted octanol–water partition coefficient (Wildman–Crippen LogP) is 1.58. The van der Waals surface area contributed by atoms with Gasteiger partial charge in [-0.05, 0) is 38.3 Å². The van der Waals surface area contributed by atoms with Crippen molar-refractivity contribution in [3.63, 3.8) is 0 Å². The number of carbonyl (C=O) groups excluding carboxylic acids is 1. The lowest BCUT2D eigenvalue weighted by molar-refractivity contribution is -0.135. The van der Waals surface area contributed by atoms with Crippen LogP contribution in [0.5, 0.6) is 0 Å². The highest BCUT2D eigenvalue weighted by molar-refractivity contribution is 7.91. The van der Waals surface area contributed by atoms with Gasteiger partial charge in [0.15, 0.2) is 15.7 Å². The Bertz CT molecular complexity index is 931. The summed E-state index contributed by atoms with van der Waals surface area (Å²) in [6.45, 7) is 3.10. The van der Waals surface area contributed by atoms with E-state index in [1.54, 1.807) is 11.1 Å². The highest BCUT2D eigenvalue weighted by atomic mass is 32.2. The van der Waals surface area contributed by atoms with Gasteiger partial charge in [-0.3, -0.25) is 9.78 Å². The molecule has 2 saturated heterocycles. The van der Waals surface area contributed by atoms with Crippen molar-refractivity contribution in [3.05, 3.63) is 29.8 Å². The maximum absolute atomic E-state index is 12.6. The third-order valence-corrected chi connectivity index (χ3v) is 7.12. The summed E-state index contributed by atoms with van der Waals surface area (Å²) in [5.41, 5.74) is 1.71. The normalized spacial score (nSPS) is 22.9. The third kappa shape index (κ3) is 3.87. The molecule has 2 fully saturated rings. The number of amides is 1. The van der Waals surface area contributed by atoms with E-state index < -0.39 is 9.84 Å². The van der Waals surface area contributed by atoms with Crippen LogP contribution in [0.15, 0.2) is 22.9 Å². The summed E-state index contributed by atoms with van der Waals surface area (Å²) in [6, 6.07) is 3.79. The van der Waals surface area contributed by atoms with E-state index in [1.165, 1.54) is 0 Å². The number of pyridine rings is 1. The monoisotopic (exact) mass is 390 g/mol. The zero-order valence-electron chi connectivity index (χ0n) is 15.2. The Morgan fingerprint density at radius 2 is 2.00 bits per heavy atom. The van der Waals surface area contributed by atoms with Crippen LogP contribution in [0.4, 0.5) is 0 Å². The zero-order chi connectivity index (χ0) is 19.0. The van der Waals surface area contributed by atoms with Crippen molar-refractivity contribution in [2.24, 2.45) is 5.92 Å². The van der Waals surface area contributed by atoms with Crippen molar-refractivity contribution < 1.29 is 17.7 Å². The van der Waals surface area contributed by atoms with Crippen molar-refractivity contribution in [1.29, 1.82) is 0 Å². The highest BCUT2D eigenvalue weighted by Crippen LogP contribution is 2.30. The van der Waals surface area contributed by atoms with Crippen LogP contribution >= 0.6 is 0 Å². The van der Waals surface area contributed by atoms with Gasteiger partial charge in [0.1, 0.15) is 0 Å². The van der Waals surface area contributed by atoms with Gasteiger partial charge in [-0.25, -0.2) is 8.42 Å². The Balaban J connectivity index is 1.37. The summed E-state index contributed by atoms with van der Waals surface area (Å²) in [5.74, 6) is 0.946. The van der Waals surface area contributed by atoms with E-state index in [9.17, 15) is 13.2 Å². The van der Waals surface area contributed by atoms with Crippen LogP contribution in [-0.4, -0.2) is 58.9 Å². The van der Waals surface area contributed by atoms with Gasteiger partial charge in [0, 0.05) is 30.9 Å². The van der Waals surface area contributed by atoms with Gasteiger partial charge in [-0.2, -0.15) is 4.98 Å². The molecule has 0 radical (unpaired) electrons. The van der Waals surface area contributed by atoms with Crippen LogP contribution in [0.3, 0.4) is 0 Å². The molecule has 0 bridgehead atoms. The second-order valence-corrected chi connectivity index (χ2v) is 9.57. The molecule has 2 aromatic rings. The standard InChI is InChI=1S/C18H22N4O4S/c1-12-2-3-14(10-19-12)17-20-16(21-26-17)13-4-7-22(8-5-13)18(23)15-6-9-27(24,25)11-15/h2-3,10,13,15H,4-9,11H2,1H3/t15-/m0/s1. The number of aryl methyl sites for hydroxylation is 1. The number of aromatic nitrogens is 3. The Hall–Kier alpha value is -2.29. The fourth-order valence-corrected chi connectivity index (χ4v) is 5.45. The zero-order valence-corrected chi connectivity index (χ0v) is 16.0. The van der Waals surface area contributed by atoms with Crippen LogP contribution in [-0.2, 0) is 14.6 Å². The van der Waals surface area contributed by atoms with Crippen LogP contribution < -0.4 is 0 Å². The molecule has 2 aliphatic rings. The number of hydrogen-bond donors (Lipinski definition) is 0. The first-order valence-electron chi connectivity index (χ1n) is 9.17. The summed E-state index contributed by atoms with van der Waals surface area (Å²) in [4.78, 5) is 23.1. The highest BCUT2D eigenvalue weighted by Gasteiger charge is 2.37. The molecule has 2 aliphatic heterocycles. The van der Waals surface area contributed by atoms with Crippen LogP contribution in [0.2, 0.25) is 0 Å². The van der Waals surface area contributed by atoms with Gasteiger partial charge in [-0.1, -0.05) is 5.16 Å². The van der Waals surface area contributed by atoms with Crippen molar-refractivity contribution in [2.45, 2.75) is 32.1 Å². The molecule has 1 atom stereocenters. The summed E-state index contributed by atoms with van der Waals surface area (Å²) >= 11 is 0. The van der Waals surface area contributed by atoms with Crippen molar-refractivity contribution >= 4 is 15.7 Å². The molecule has 144 valence electrons. The molecule has 8 nitrogen and oxygen atoms in total. The summed E-state index contributed by atoms with van der Waals surface area (Å²) in [6.07, 6.45) is 3.65. The molecule has 4 rings (SSSR count). The number of likely N-dealkylation sites (tertiary alicyclic amines) is 1. The van der Waals surface area contributed by atoms with Gasteiger partial charge in [0.25, 0.3) is 5.89 Å². The first kappa shape index (κ1) is 18.1. The van der Waals surface area contributed by atoms with Crippen molar-refractivity contribution in [1.82, 2.24) is 20.0 Å². The molecule has 0 aromatic carbocycles. The van der Waals surface area contributed by atoms with Gasteiger partial charge in [0.05, 0.1) is 23.0 Å². The summed E-state index contributed by atoms with van der Waals surface area (Å²) in [5, 5.41) is 4.11. The van der Waals surface area contributed by atoms with Crippen molar-refractivity contribution in [3.8, 4) is 11.5 Å². The van der Waals surface area contributed by atoms with Crippen LogP contribution in [0, 0.1) is 12.8 Å². The SMILES string of the molecule is Cc1ccc(-c2nc(C3CCN(C(=O)[C@H]4CCS(=O)(=O)C4)CC3)no2)cn1. The topological polar surface area (TPSA) is 106 Å². The molecule has 9 heteroatoms. The third-order valence-electron chi connectivity index (χ3n) is 5.35. The summed E-state index contributed by atoms with van der Waals surface area (Å²) < 4.78 is 28.6. The second-order valence-electron chi connectivity index (χ2n) is 7.35. The number of nitrogens with zero attached hydrogens (tertiary/aromatic N) is 4. The Labute approximate surface area is 157 Å². The van der Waals surface area contributed by atoms with Gasteiger partial charge < -0.3 is 9.42 Å². The molecule has 1 amide bonds. The number of carbonyl (C=O) groups is 1. The quantitative estimate of drug-likeness (QED) is 0.783. The molecule has 0 N–H and O–H groups in total. The minimum Gasteiger partial charge on any atom is -0.342 e. The van der Waals surface area contributed by atoms with Crippen molar-refractivity contribution in [2.75, 3.05) is 24.6 Å². The fraction of sp³-hybridized carbons (Fsp3) is 0.556. The van der Waals surface area contributed by atoms with E-state index >= 15 is 0 Å². The molecule has 0 aliphatic carbocycles. The molecular weight excluding hydrogens is 368 g/mol. The minimum atomic E-state index is -3.04. The smallest absolute Gasteiger partial charge is 0.259 e. The van der Waals surface area contributed by atoms with Crippen LogP contribution in [0.1, 0.15) is 36.7 Å². The molecule has 0 saturated carbocycles. The van der Waals surface area contributed by atoms with Gasteiger partial charge in [-0.15, -0.1) is 0 Å². The van der Waals surface area contributed by atoms with E-state index in [4.69, 9.17) is 4.52 Å². The lowest BCUT2D eigenvalue weighted by Gasteiger charge is -2.32. The average Bonchev–Trinajstić information content (AvgIpc) is 3.29. The first-order chi connectivity index (χ1) is 12.9. The van der Waals surface area contributed by atoms with Crippen LogP contribution in [0.25, 0.3) is 11.5 Å². The fourth-order valence-electron chi connectivity index (χ4n) is 3.72. The molecule has 0 unspecified atom stereocenters. The first-order valence-corrected chi connectivity index (χ1v) is 11.0. The van der Waals surface area contributed by atoms with Gasteiger partial charge in [0.2, 0.25) is 5.91 Å². The second kappa shape index (κ2) is 7.03. The minimum absolute atomic E-state index is 0.00938. The van der Waals surface area contributed by atoms with Gasteiger partial charge >= 0.3 is 0 Å². The maximum Gasteiger partial charge on any atom is 0.259 e. The van der Waals surface area contributed by atoms with E-state index in [1.807, 2.05) is 19.1 Å². The predicted molar refractivity (Wildman–Crippen MR) is 97.6 cm³/mol. The molecular formula is C18H22N4O4S. The molecule has 0 spiro atoms. The molecule has 27 heavy (non-hydrogen) atoms. The molecule has 2 aromatic heterocycles. The Kier molecular flexibility index (Phi) is 4.71. The number of sulfone groups is 1. The Morgan fingerprint density at radius 1 is 1.22 bits per heavy atom. The van der Waals surface area contributed by atoms with E-state index in [2.05, 4.69) is 15.1 Å². The largest absolute Gasteiger partial charge is 0.342 e. The van der Waals surface area contributed by atoms with E-state index in [-0.39, 0.29) is 29.2 Å². The lowest BCUT2D eigenvalue weighted by Crippen LogP contribution is -2.41. The van der Waals surface area contributed by atoms with E-state index in [0.717, 1.165) is 24.1 Å².